The molecule has 2 atom stereocenters. The number of rotatable bonds is 4. The topological polar surface area (TPSA) is 57.4 Å². The van der Waals surface area contributed by atoms with Gasteiger partial charge in [-0.1, -0.05) is 12.8 Å². The molecule has 4 heteroatoms. The molecule has 0 bridgehead atoms. The summed E-state index contributed by atoms with van der Waals surface area (Å²) in [6.07, 6.45) is 4.73. The number of pyridine rings is 1. The molecule has 0 spiro atoms. The first kappa shape index (κ1) is 13.3. The molecule has 0 amide bonds. The van der Waals surface area contributed by atoms with Crippen molar-refractivity contribution in [2.75, 3.05) is 7.11 Å². The van der Waals surface area contributed by atoms with Crippen molar-refractivity contribution in [3.8, 4) is 5.75 Å². The zero-order valence-corrected chi connectivity index (χ0v) is 11.2. The molecule has 2 N–H and O–H groups in total. The molecule has 1 fully saturated rings. The first-order chi connectivity index (χ1) is 8.69. The van der Waals surface area contributed by atoms with Gasteiger partial charge in [-0.15, -0.1) is 0 Å². The molecule has 0 saturated heterocycles. The zero-order chi connectivity index (χ0) is 13.0. The van der Waals surface area contributed by atoms with Crippen LogP contribution in [-0.2, 0) is 11.3 Å². The second-order valence-corrected chi connectivity index (χ2v) is 4.94. The predicted octanol–water partition coefficient (Wildman–Crippen LogP) is 2.19. The highest BCUT2D eigenvalue weighted by Crippen LogP contribution is 2.21. The van der Waals surface area contributed by atoms with Crippen LogP contribution in [-0.4, -0.2) is 24.2 Å². The summed E-state index contributed by atoms with van der Waals surface area (Å²) in [7, 11) is 1.66. The Morgan fingerprint density at radius 3 is 2.83 bits per heavy atom. The van der Waals surface area contributed by atoms with Gasteiger partial charge >= 0.3 is 0 Å². The molecule has 0 aromatic carbocycles. The van der Waals surface area contributed by atoms with Crippen LogP contribution in [0.2, 0.25) is 0 Å². The van der Waals surface area contributed by atoms with Crippen LogP contribution in [0.15, 0.2) is 12.1 Å². The van der Waals surface area contributed by atoms with Gasteiger partial charge in [0.25, 0.3) is 0 Å². The van der Waals surface area contributed by atoms with Gasteiger partial charge in [0, 0.05) is 23.9 Å². The Hall–Kier alpha value is -1.13. The predicted molar refractivity (Wildman–Crippen MR) is 70.5 cm³/mol. The lowest BCUT2D eigenvalue weighted by Crippen LogP contribution is -2.39. The van der Waals surface area contributed by atoms with E-state index >= 15 is 0 Å². The summed E-state index contributed by atoms with van der Waals surface area (Å²) in [6, 6.07) is 4.00. The van der Waals surface area contributed by atoms with Crippen LogP contribution in [0.4, 0.5) is 0 Å². The van der Waals surface area contributed by atoms with Crippen LogP contribution >= 0.6 is 0 Å². The molecule has 1 aliphatic rings. The van der Waals surface area contributed by atoms with Gasteiger partial charge in [-0.2, -0.15) is 0 Å². The first-order valence-electron chi connectivity index (χ1n) is 6.58. The van der Waals surface area contributed by atoms with Crippen LogP contribution in [0.25, 0.3) is 0 Å². The number of hydrogen-bond donors (Lipinski definition) is 1. The Balaban J connectivity index is 1.94. The Morgan fingerprint density at radius 1 is 1.33 bits per heavy atom. The third-order valence-corrected chi connectivity index (χ3v) is 3.41. The van der Waals surface area contributed by atoms with E-state index in [2.05, 4.69) is 4.98 Å². The van der Waals surface area contributed by atoms with Crippen molar-refractivity contribution >= 4 is 0 Å². The molecule has 100 valence electrons. The third kappa shape index (κ3) is 3.43. The highest BCUT2D eigenvalue weighted by atomic mass is 16.5. The largest absolute Gasteiger partial charge is 0.497 e. The molecule has 1 aromatic heterocycles. The van der Waals surface area contributed by atoms with E-state index in [-0.39, 0.29) is 12.1 Å². The Labute approximate surface area is 108 Å². The quantitative estimate of drug-likeness (QED) is 0.890. The fourth-order valence-electron chi connectivity index (χ4n) is 2.42. The van der Waals surface area contributed by atoms with Gasteiger partial charge in [0.1, 0.15) is 5.75 Å². The summed E-state index contributed by atoms with van der Waals surface area (Å²) in [6.45, 7) is 2.47. The molecule has 0 aliphatic heterocycles. The number of ether oxygens (including phenoxy) is 2. The van der Waals surface area contributed by atoms with Gasteiger partial charge in [0.15, 0.2) is 0 Å². The lowest BCUT2D eigenvalue weighted by Gasteiger charge is -2.28. The fraction of sp³-hybridized carbons (Fsp3) is 0.643. The Kier molecular flexibility index (Phi) is 4.55. The number of hydrogen-bond acceptors (Lipinski definition) is 4. The minimum atomic E-state index is 0.172. The van der Waals surface area contributed by atoms with E-state index in [1.165, 1.54) is 12.8 Å². The summed E-state index contributed by atoms with van der Waals surface area (Å²) < 4.78 is 11.1. The van der Waals surface area contributed by atoms with E-state index in [4.69, 9.17) is 15.2 Å². The highest BCUT2D eigenvalue weighted by molar-refractivity contribution is 5.26. The van der Waals surface area contributed by atoms with E-state index in [9.17, 15) is 0 Å². The maximum absolute atomic E-state index is 6.06. The smallest absolute Gasteiger partial charge is 0.122 e. The van der Waals surface area contributed by atoms with Crippen molar-refractivity contribution in [2.45, 2.75) is 51.4 Å². The summed E-state index contributed by atoms with van der Waals surface area (Å²) in [5, 5.41) is 0. The molecule has 1 heterocycles. The van der Waals surface area contributed by atoms with Gasteiger partial charge in [-0.25, -0.2) is 0 Å². The Morgan fingerprint density at radius 2 is 2.11 bits per heavy atom. The second kappa shape index (κ2) is 6.16. The van der Waals surface area contributed by atoms with Crippen molar-refractivity contribution in [2.24, 2.45) is 5.73 Å². The van der Waals surface area contributed by atoms with E-state index in [1.807, 2.05) is 19.1 Å². The monoisotopic (exact) mass is 250 g/mol. The lowest BCUT2D eigenvalue weighted by molar-refractivity contribution is 0.00246. The van der Waals surface area contributed by atoms with E-state index in [0.29, 0.717) is 6.61 Å². The average Bonchev–Trinajstić information content (AvgIpc) is 2.37. The van der Waals surface area contributed by atoms with E-state index in [1.54, 1.807) is 7.11 Å². The van der Waals surface area contributed by atoms with Crippen molar-refractivity contribution < 1.29 is 9.47 Å². The number of nitrogens with two attached hydrogens (primary N) is 1. The fourth-order valence-corrected chi connectivity index (χ4v) is 2.42. The third-order valence-electron chi connectivity index (χ3n) is 3.41. The van der Waals surface area contributed by atoms with E-state index < -0.39 is 0 Å². The molecule has 1 aliphatic carbocycles. The molecule has 2 rings (SSSR count). The van der Waals surface area contributed by atoms with Gasteiger partial charge in [0.05, 0.1) is 25.5 Å². The van der Waals surface area contributed by atoms with E-state index in [0.717, 1.165) is 30.0 Å². The lowest BCUT2D eigenvalue weighted by atomic mass is 9.93. The maximum Gasteiger partial charge on any atom is 0.122 e. The maximum atomic E-state index is 6.06. The number of aromatic nitrogens is 1. The van der Waals surface area contributed by atoms with Crippen LogP contribution in [0.5, 0.6) is 5.75 Å². The SMILES string of the molecule is COc1cc(C)nc(COC2CCCCC2N)c1. The molecule has 0 radical (unpaired) electrons. The summed E-state index contributed by atoms with van der Waals surface area (Å²) in [5.74, 6) is 0.828. The minimum absolute atomic E-state index is 0.172. The molecule has 1 aromatic rings. The average molecular weight is 250 g/mol. The summed E-state index contributed by atoms with van der Waals surface area (Å²) >= 11 is 0. The summed E-state index contributed by atoms with van der Waals surface area (Å²) in [5.41, 5.74) is 7.91. The minimum Gasteiger partial charge on any atom is -0.497 e. The van der Waals surface area contributed by atoms with Crippen molar-refractivity contribution in [1.82, 2.24) is 4.98 Å². The normalized spacial score (nSPS) is 23.9. The number of nitrogens with zero attached hydrogens (tertiary/aromatic N) is 1. The molecule has 4 nitrogen and oxygen atoms in total. The van der Waals surface area contributed by atoms with Gasteiger partial charge in [0.2, 0.25) is 0 Å². The van der Waals surface area contributed by atoms with Crippen LogP contribution in [0.3, 0.4) is 0 Å². The van der Waals surface area contributed by atoms with Gasteiger partial charge in [-0.05, 0) is 19.8 Å². The Bertz CT molecular complexity index is 395. The van der Waals surface area contributed by atoms with Crippen molar-refractivity contribution in [1.29, 1.82) is 0 Å². The molecule has 18 heavy (non-hydrogen) atoms. The van der Waals surface area contributed by atoms with Gasteiger partial charge in [-0.3, -0.25) is 4.98 Å². The highest BCUT2D eigenvalue weighted by Gasteiger charge is 2.22. The van der Waals surface area contributed by atoms with Crippen LogP contribution < -0.4 is 10.5 Å². The van der Waals surface area contributed by atoms with Crippen molar-refractivity contribution in [3.63, 3.8) is 0 Å². The number of aryl methyl sites for hydroxylation is 1. The first-order valence-corrected chi connectivity index (χ1v) is 6.58. The van der Waals surface area contributed by atoms with Crippen molar-refractivity contribution in [3.05, 3.63) is 23.5 Å². The second-order valence-electron chi connectivity index (χ2n) is 4.94. The van der Waals surface area contributed by atoms with Crippen LogP contribution in [0, 0.1) is 6.92 Å². The van der Waals surface area contributed by atoms with Gasteiger partial charge < -0.3 is 15.2 Å². The summed E-state index contributed by atoms with van der Waals surface area (Å²) in [4.78, 5) is 4.45. The number of methoxy groups -OCH3 is 1. The van der Waals surface area contributed by atoms with Crippen LogP contribution in [0.1, 0.15) is 37.1 Å². The molecular weight excluding hydrogens is 228 g/mol. The zero-order valence-electron chi connectivity index (χ0n) is 11.2. The molecular formula is C14H22N2O2. The standard InChI is InChI=1S/C14H22N2O2/c1-10-7-12(17-2)8-11(16-10)9-18-14-6-4-3-5-13(14)15/h7-8,13-14H,3-6,9,15H2,1-2H3. The molecule has 2 unspecified atom stereocenters. The molecule has 1 saturated carbocycles.